The molecular formula is C23H18ClFN2O2S. The van der Waals surface area contributed by atoms with E-state index in [1.54, 1.807) is 35.2 Å². The SMILES string of the molecule is O=C(Nc1cccc([C@@H]2SCC(=O)N2c2cccc(F)c2)c1)[C@@H](Cl)c1ccccc1. The Morgan fingerprint density at radius 3 is 2.60 bits per heavy atom. The minimum absolute atomic E-state index is 0.0880. The van der Waals surface area contributed by atoms with Crippen LogP contribution in [0.4, 0.5) is 15.8 Å². The zero-order valence-electron chi connectivity index (χ0n) is 15.8. The number of hydrogen-bond donors (Lipinski definition) is 1. The lowest BCUT2D eigenvalue weighted by Gasteiger charge is -2.25. The molecule has 0 saturated carbocycles. The van der Waals surface area contributed by atoms with E-state index in [-0.39, 0.29) is 17.2 Å². The fourth-order valence-electron chi connectivity index (χ4n) is 3.32. The van der Waals surface area contributed by atoms with Gasteiger partial charge in [-0.1, -0.05) is 48.5 Å². The smallest absolute Gasteiger partial charge is 0.246 e. The number of carbonyl (C=O) groups is 2. The van der Waals surface area contributed by atoms with Gasteiger partial charge < -0.3 is 5.32 Å². The van der Waals surface area contributed by atoms with Crippen LogP contribution in [0.15, 0.2) is 78.9 Å². The van der Waals surface area contributed by atoms with E-state index in [4.69, 9.17) is 11.6 Å². The van der Waals surface area contributed by atoms with Crippen molar-refractivity contribution in [3.05, 3.63) is 95.8 Å². The standard InChI is InChI=1S/C23H18ClFN2O2S/c24-21(15-6-2-1-3-7-15)22(29)26-18-10-4-8-16(12-18)23-27(20(28)14-30-23)19-11-5-9-17(25)13-19/h1-13,21,23H,14H2,(H,26,29)/t21-,23-/m0/s1. The summed E-state index contributed by atoms with van der Waals surface area (Å²) in [6.45, 7) is 0. The second-order valence-electron chi connectivity index (χ2n) is 6.79. The number of hydrogen-bond acceptors (Lipinski definition) is 3. The molecule has 2 amide bonds. The summed E-state index contributed by atoms with van der Waals surface area (Å²) < 4.78 is 13.7. The van der Waals surface area contributed by atoms with Gasteiger partial charge in [-0.2, -0.15) is 0 Å². The Labute approximate surface area is 183 Å². The maximum Gasteiger partial charge on any atom is 0.246 e. The summed E-state index contributed by atoms with van der Waals surface area (Å²) in [5.41, 5.74) is 2.63. The molecule has 0 unspecified atom stereocenters. The normalized spacial score (nSPS) is 17.1. The van der Waals surface area contributed by atoms with Crippen molar-refractivity contribution < 1.29 is 14.0 Å². The van der Waals surface area contributed by atoms with Gasteiger partial charge >= 0.3 is 0 Å². The fraction of sp³-hybridized carbons (Fsp3) is 0.130. The van der Waals surface area contributed by atoms with Crippen molar-refractivity contribution in [2.45, 2.75) is 10.8 Å². The molecule has 3 aromatic carbocycles. The Morgan fingerprint density at radius 1 is 1.07 bits per heavy atom. The van der Waals surface area contributed by atoms with Gasteiger partial charge in [0.25, 0.3) is 0 Å². The highest BCUT2D eigenvalue weighted by Crippen LogP contribution is 2.42. The van der Waals surface area contributed by atoms with Crippen LogP contribution in [0.1, 0.15) is 21.9 Å². The van der Waals surface area contributed by atoms with Gasteiger partial charge in [0.15, 0.2) is 0 Å². The monoisotopic (exact) mass is 440 g/mol. The maximum absolute atomic E-state index is 13.7. The third-order valence-electron chi connectivity index (χ3n) is 4.72. The highest BCUT2D eigenvalue weighted by molar-refractivity contribution is 8.00. The summed E-state index contributed by atoms with van der Waals surface area (Å²) in [5, 5.41) is 1.71. The Balaban J connectivity index is 1.55. The molecule has 7 heteroatoms. The average molecular weight is 441 g/mol. The van der Waals surface area contributed by atoms with Gasteiger partial charge in [-0.15, -0.1) is 23.4 Å². The van der Waals surface area contributed by atoms with E-state index in [1.807, 2.05) is 36.4 Å². The van der Waals surface area contributed by atoms with Crippen molar-refractivity contribution in [1.29, 1.82) is 0 Å². The first-order valence-electron chi connectivity index (χ1n) is 9.32. The Morgan fingerprint density at radius 2 is 1.83 bits per heavy atom. The Bertz CT molecular complexity index is 1080. The van der Waals surface area contributed by atoms with Crippen molar-refractivity contribution in [3.8, 4) is 0 Å². The average Bonchev–Trinajstić information content (AvgIpc) is 3.15. The summed E-state index contributed by atoms with van der Waals surface area (Å²) in [6.07, 6.45) is 0. The predicted octanol–water partition coefficient (Wildman–Crippen LogP) is 5.52. The number of carbonyl (C=O) groups excluding carboxylic acids is 2. The molecule has 0 bridgehead atoms. The molecular weight excluding hydrogens is 423 g/mol. The van der Waals surface area contributed by atoms with Crippen molar-refractivity contribution in [1.82, 2.24) is 0 Å². The second kappa shape index (κ2) is 8.90. The number of alkyl halides is 1. The summed E-state index contributed by atoms with van der Waals surface area (Å²) in [7, 11) is 0. The maximum atomic E-state index is 13.7. The molecule has 1 N–H and O–H groups in total. The van der Waals surface area contributed by atoms with Gasteiger partial charge in [0.2, 0.25) is 11.8 Å². The summed E-state index contributed by atoms with van der Waals surface area (Å²) in [5.74, 6) is -0.520. The van der Waals surface area contributed by atoms with Crippen molar-refractivity contribution in [3.63, 3.8) is 0 Å². The van der Waals surface area contributed by atoms with Gasteiger partial charge in [-0.3, -0.25) is 14.5 Å². The molecule has 1 aliphatic rings. The number of anilines is 2. The van der Waals surface area contributed by atoms with Crippen molar-refractivity contribution >= 4 is 46.6 Å². The highest BCUT2D eigenvalue weighted by atomic mass is 35.5. The molecule has 4 nitrogen and oxygen atoms in total. The van der Waals surface area contributed by atoms with E-state index in [0.29, 0.717) is 22.7 Å². The summed E-state index contributed by atoms with van der Waals surface area (Å²) in [4.78, 5) is 26.6. The van der Waals surface area contributed by atoms with Crippen LogP contribution in [0, 0.1) is 5.82 Å². The van der Waals surface area contributed by atoms with E-state index in [0.717, 1.165) is 5.56 Å². The first kappa shape index (κ1) is 20.4. The fourth-order valence-corrected chi connectivity index (χ4v) is 4.69. The molecule has 1 saturated heterocycles. The molecule has 1 aliphatic heterocycles. The Kier molecular flexibility index (Phi) is 6.06. The second-order valence-corrected chi connectivity index (χ2v) is 8.30. The minimum atomic E-state index is -0.818. The number of amides is 2. The molecule has 2 atom stereocenters. The summed E-state index contributed by atoms with van der Waals surface area (Å²) in [6, 6.07) is 22.4. The van der Waals surface area contributed by atoms with Gasteiger partial charge in [0.1, 0.15) is 16.6 Å². The number of thioether (sulfide) groups is 1. The lowest BCUT2D eigenvalue weighted by molar-refractivity contribution is -0.116. The number of nitrogens with zero attached hydrogens (tertiary/aromatic N) is 1. The number of rotatable bonds is 5. The number of benzene rings is 3. The van der Waals surface area contributed by atoms with Crippen LogP contribution in [0.25, 0.3) is 0 Å². The molecule has 1 fully saturated rings. The van der Waals surface area contributed by atoms with Gasteiger partial charge in [0, 0.05) is 11.4 Å². The Hall–Kier alpha value is -2.83. The molecule has 0 aromatic heterocycles. The first-order chi connectivity index (χ1) is 14.5. The number of halogens is 2. The van der Waals surface area contributed by atoms with Gasteiger partial charge in [-0.25, -0.2) is 4.39 Å². The molecule has 152 valence electrons. The van der Waals surface area contributed by atoms with Crippen LogP contribution in [0.3, 0.4) is 0 Å². The van der Waals surface area contributed by atoms with E-state index in [9.17, 15) is 14.0 Å². The van der Waals surface area contributed by atoms with Crippen LogP contribution < -0.4 is 10.2 Å². The zero-order valence-corrected chi connectivity index (χ0v) is 17.4. The predicted molar refractivity (Wildman–Crippen MR) is 119 cm³/mol. The molecule has 0 spiro atoms. The summed E-state index contributed by atoms with van der Waals surface area (Å²) >= 11 is 7.76. The van der Waals surface area contributed by atoms with E-state index in [2.05, 4.69) is 5.32 Å². The third kappa shape index (κ3) is 4.35. The lowest BCUT2D eigenvalue weighted by atomic mass is 10.1. The number of nitrogens with one attached hydrogen (secondary N) is 1. The van der Waals surface area contributed by atoms with E-state index < -0.39 is 11.2 Å². The topological polar surface area (TPSA) is 49.4 Å². The largest absolute Gasteiger partial charge is 0.324 e. The molecule has 0 aliphatic carbocycles. The highest BCUT2D eigenvalue weighted by Gasteiger charge is 2.34. The van der Waals surface area contributed by atoms with Crippen molar-refractivity contribution in [2.24, 2.45) is 0 Å². The lowest BCUT2D eigenvalue weighted by Crippen LogP contribution is -2.28. The molecule has 3 aromatic rings. The molecule has 0 radical (unpaired) electrons. The van der Waals surface area contributed by atoms with Crippen LogP contribution in [-0.4, -0.2) is 17.6 Å². The third-order valence-corrected chi connectivity index (χ3v) is 6.38. The van der Waals surface area contributed by atoms with Gasteiger partial charge in [-0.05, 0) is 41.5 Å². The molecule has 1 heterocycles. The van der Waals surface area contributed by atoms with E-state index in [1.165, 1.54) is 23.9 Å². The quantitative estimate of drug-likeness (QED) is 0.531. The van der Waals surface area contributed by atoms with E-state index >= 15 is 0 Å². The van der Waals surface area contributed by atoms with Gasteiger partial charge in [0.05, 0.1) is 5.75 Å². The van der Waals surface area contributed by atoms with Crippen LogP contribution in [0.2, 0.25) is 0 Å². The first-order valence-corrected chi connectivity index (χ1v) is 10.8. The van der Waals surface area contributed by atoms with Crippen LogP contribution in [0.5, 0.6) is 0 Å². The van der Waals surface area contributed by atoms with Crippen LogP contribution >= 0.6 is 23.4 Å². The van der Waals surface area contributed by atoms with Crippen LogP contribution in [-0.2, 0) is 9.59 Å². The molecule has 4 rings (SSSR count). The zero-order chi connectivity index (χ0) is 21.1. The minimum Gasteiger partial charge on any atom is -0.324 e. The molecule has 30 heavy (non-hydrogen) atoms. The van der Waals surface area contributed by atoms with Crippen molar-refractivity contribution in [2.75, 3.05) is 16.0 Å².